The van der Waals surface area contributed by atoms with Gasteiger partial charge in [0.15, 0.2) is 0 Å². The SMILES string of the molecule is CC(/C=C\CN1CCN(c2ccc(C)cn2)CC1)=C/N. The van der Waals surface area contributed by atoms with Gasteiger partial charge >= 0.3 is 0 Å². The van der Waals surface area contributed by atoms with E-state index in [9.17, 15) is 0 Å². The molecule has 0 aromatic carbocycles. The average molecular weight is 272 g/mol. The van der Waals surface area contributed by atoms with E-state index in [1.165, 1.54) is 5.56 Å². The van der Waals surface area contributed by atoms with E-state index in [1.807, 2.05) is 13.1 Å². The highest BCUT2D eigenvalue weighted by Crippen LogP contribution is 2.13. The van der Waals surface area contributed by atoms with Crippen molar-refractivity contribution >= 4 is 5.82 Å². The topological polar surface area (TPSA) is 45.4 Å². The zero-order valence-electron chi connectivity index (χ0n) is 12.4. The molecular formula is C16H24N4. The van der Waals surface area contributed by atoms with Crippen molar-refractivity contribution in [1.82, 2.24) is 9.88 Å². The van der Waals surface area contributed by atoms with Crippen molar-refractivity contribution < 1.29 is 0 Å². The van der Waals surface area contributed by atoms with Crippen molar-refractivity contribution in [2.24, 2.45) is 5.73 Å². The summed E-state index contributed by atoms with van der Waals surface area (Å²) < 4.78 is 0. The lowest BCUT2D eigenvalue weighted by Crippen LogP contribution is -2.46. The Morgan fingerprint density at radius 2 is 2.05 bits per heavy atom. The number of allylic oxidation sites excluding steroid dienone is 2. The number of nitrogens with two attached hydrogens (primary N) is 1. The summed E-state index contributed by atoms with van der Waals surface area (Å²) in [5.74, 6) is 1.09. The number of rotatable bonds is 4. The molecule has 1 fully saturated rings. The van der Waals surface area contributed by atoms with Gasteiger partial charge in [0.1, 0.15) is 5.82 Å². The number of nitrogens with zero attached hydrogens (tertiary/aromatic N) is 3. The third-order valence-corrected chi connectivity index (χ3v) is 3.60. The van der Waals surface area contributed by atoms with Crippen LogP contribution in [0.5, 0.6) is 0 Å². The van der Waals surface area contributed by atoms with Crippen LogP contribution in [0, 0.1) is 6.92 Å². The van der Waals surface area contributed by atoms with E-state index in [-0.39, 0.29) is 0 Å². The fourth-order valence-corrected chi connectivity index (χ4v) is 2.25. The molecule has 4 nitrogen and oxygen atoms in total. The van der Waals surface area contributed by atoms with E-state index in [4.69, 9.17) is 5.73 Å². The highest BCUT2D eigenvalue weighted by molar-refractivity contribution is 5.39. The first-order valence-electron chi connectivity index (χ1n) is 7.14. The van der Waals surface area contributed by atoms with Crippen LogP contribution in [0.4, 0.5) is 5.82 Å². The molecule has 1 aromatic heterocycles. The molecule has 2 N–H and O–H groups in total. The molecule has 1 saturated heterocycles. The summed E-state index contributed by atoms with van der Waals surface area (Å²) in [6.07, 6.45) is 7.83. The normalized spacial score (nSPS) is 17.9. The first-order chi connectivity index (χ1) is 9.69. The van der Waals surface area contributed by atoms with Crippen LogP contribution in [0.25, 0.3) is 0 Å². The third-order valence-electron chi connectivity index (χ3n) is 3.60. The van der Waals surface area contributed by atoms with Crippen LogP contribution in [0.3, 0.4) is 0 Å². The number of pyridine rings is 1. The van der Waals surface area contributed by atoms with Crippen LogP contribution in [0.1, 0.15) is 12.5 Å². The maximum atomic E-state index is 5.44. The van der Waals surface area contributed by atoms with Gasteiger partial charge in [-0.1, -0.05) is 18.2 Å². The van der Waals surface area contributed by atoms with E-state index in [1.54, 1.807) is 6.20 Å². The molecule has 1 aliphatic rings. The Labute approximate surface area is 121 Å². The molecule has 0 aliphatic carbocycles. The Bertz CT molecular complexity index is 468. The number of anilines is 1. The van der Waals surface area contributed by atoms with Gasteiger partial charge < -0.3 is 10.6 Å². The van der Waals surface area contributed by atoms with Crippen LogP contribution >= 0.6 is 0 Å². The van der Waals surface area contributed by atoms with E-state index in [2.05, 4.69) is 46.0 Å². The van der Waals surface area contributed by atoms with E-state index in [0.29, 0.717) is 0 Å². The minimum Gasteiger partial charge on any atom is -0.404 e. The Morgan fingerprint density at radius 3 is 2.65 bits per heavy atom. The molecule has 1 aliphatic heterocycles. The first kappa shape index (κ1) is 14.6. The van der Waals surface area contributed by atoms with Gasteiger partial charge in [-0.05, 0) is 37.3 Å². The van der Waals surface area contributed by atoms with E-state index < -0.39 is 0 Å². The minimum absolute atomic E-state index is 0.986. The van der Waals surface area contributed by atoms with Crippen molar-refractivity contribution in [3.8, 4) is 0 Å². The number of aryl methyl sites for hydroxylation is 1. The molecule has 0 unspecified atom stereocenters. The molecule has 0 atom stereocenters. The van der Waals surface area contributed by atoms with Crippen LogP contribution < -0.4 is 10.6 Å². The van der Waals surface area contributed by atoms with Crippen molar-refractivity contribution in [3.05, 3.63) is 47.8 Å². The van der Waals surface area contributed by atoms with Crippen molar-refractivity contribution in [2.45, 2.75) is 13.8 Å². The predicted octanol–water partition coefficient (Wildman–Crippen LogP) is 1.93. The maximum Gasteiger partial charge on any atom is 0.128 e. The van der Waals surface area contributed by atoms with Gasteiger partial charge in [-0.3, -0.25) is 4.90 Å². The van der Waals surface area contributed by atoms with Gasteiger partial charge in [0.25, 0.3) is 0 Å². The fourth-order valence-electron chi connectivity index (χ4n) is 2.25. The van der Waals surface area contributed by atoms with Gasteiger partial charge in [0, 0.05) is 38.9 Å². The Kier molecular flexibility index (Phi) is 5.18. The number of hydrogen-bond donors (Lipinski definition) is 1. The van der Waals surface area contributed by atoms with Gasteiger partial charge in [-0.25, -0.2) is 4.98 Å². The van der Waals surface area contributed by atoms with Crippen LogP contribution in [-0.2, 0) is 0 Å². The van der Waals surface area contributed by atoms with Gasteiger partial charge in [0.2, 0.25) is 0 Å². The van der Waals surface area contributed by atoms with Crippen molar-refractivity contribution in [2.75, 3.05) is 37.6 Å². The number of aromatic nitrogens is 1. The van der Waals surface area contributed by atoms with E-state index >= 15 is 0 Å². The molecule has 0 saturated carbocycles. The summed E-state index contributed by atoms with van der Waals surface area (Å²) >= 11 is 0. The molecule has 0 radical (unpaired) electrons. The summed E-state index contributed by atoms with van der Waals surface area (Å²) in [6.45, 7) is 9.29. The molecule has 20 heavy (non-hydrogen) atoms. The highest BCUT2D eigenvalue weighted by Gasteiger charge is 2.16. The number of hydrogen-bond acceptors (Lipinski definition) is 4. The predicted molar refractivity (Wildman–Crippen MR) is 84.7 cm³/mol. The lowest BCUT2D eigenvalue weighted by atomic mass is 10.2. The lowest BCUT2D eigenvalue weighted by molar-refractivity contribution is 0.283. The minimum atomic E-state index is 0.986. The molecule has 1 aromatic rings. The van der Waals surface area contributed by atoms with Crippen molar-refractivity contribution in [1.29, 1.82) is 0 Å². The average Bonchev–Trinajstić information content (AvgIpc) is 2.48. The van der Waals surface area contributed by atoms with Crippen molar-refractivity contribution in [3.63, 3.8) is 0 Å². The Balaban J connectivity index is 1.80. The monoisotopic (exact) mass is 272 g/mol. The highest BCUT2D eigenvalue weighted by atomic mass is 15.3. The summed E-state index contributed by atoms with van der Waals surface area (Å²) in [5.41, 5.74) is 7.76. The zero-order chi connectivity index (χ0) is 14.4. The summed E-state index contributed by atoms with van der Waals surface area (Å²) in [7, 11) is 0. The summed E-state index contributed by atoms with van der Waals surface area (Å²) in [4.78, 5) is 9.30. The lowest BCUT2D eigenvalue weighted by Gasteiger charge is -2.34. The van der Waals surface area contributed by atoms with Gasteiger partial charge in [-0.2, -0.15) is 0 Å². The summed E-state index contributed by atoms with van der Waals surface area (Å²) in [6, 6.07) is 4.24. The molecule has 108 valence electrons. The smallest absolute Gasteiger partial charge is 0.128 e. The summed E-state index contributed by atoms with van der Waals surface area (Å²) in [5, 5.41) is 0. The Hall–Kier alpha value is -1.81. The van der Waals surface area contributed by atoms with Crippen LogP contribution in [-0.4, -0.2) is 42.6 Å². The van der Waals surface area contributed by atoms with E-state index in [0.717, 1.165) is 44.1 Å². The maximum absolute atomic E-state index is 5.44. The second-order valence-corrected chi connectivity index (χ2v) is 5.29. The largest absolute Gasteiger partial charge is 0.404 e. The molecule has 2 rings (SSSR count). The zero-order valence-corrected chi connectivity index (χ0v) is 12.4. The molecule has 2 heterocycles. The quantitative estimate of drug-likeness (QED) is 0.851. The van der Waals surface area contributed by atoms with Gasteiger partial charge in [-0.15, -0.1) is 0 Å². The third kappa shape index (κ3) is 4.10. The molecule has 0 bridgehead atoms. The first-order valence-corrected chi connectivity index (χ1v) is 7.14. The second-order valence-electron chi connectivity index (χ2n) is 5.29. The Morgan fingerprint density at radius 1 is 1.30 bits per heavy atom. The molecule has 0 spiro atoms. The molecule has 0 amide bonds. The second kappa shape index (κ2) is 7.10. The molecular weight excluding hydrogens is 248 g/mol. The van der Waals surface area contributed by atoms with Crippen LogP contribution in [0.15, 0.2) is 42.3 Å². The van der Waals surface area contributed by atoms with Crippen LogP contribution in [0.2, 0.25) is 0 Å². The fraction of sp³-hybridized carbons (Fsp3) is 0.438. The standard InChI is InChI=1S/C16H24N4/c1-14(12-17)4-3-7-19-8-10-20(11-9-19)16-6-5-15(2)13-18-16/h3-6,12-13H,7-11,17H2,1-2H3/b4-3-,14-12-. The van der Waals surface area contributed by atoms with Gasteiger partial charge in [0.05, 0.1) is 0 Å². The molecule has 4 heteroatoms. The number of piperazine rings is 1.